The van der Waals surface area contributed by atoms with Crippen LogP contribution in [0.25, 0.3) is 10.4 Å². The van der Waals surface area contributed by atoms with E-state index in [-0.39, 0.29) is 61.3 Å². The van der Waals surface area contributed by atoms with Gasteiger partial charge in [0.15, 0.2) is 5.82 Å². The number of piperidine rings is 1. The highest BCUT2D eigenvalue weighted by atomic mass is 32.1. The van der Waals surface area contributed by atoms with Crippen molar-refractivity contribution in [1.82, 2.24) is 40.1 Å². The first-order valence-electron chi connectivity index (χ1n) is 25.0. The minimum absolute atomic E-state index is 0.00245. The molecular weight excluding hydrogens is 917 g/mol. The fourth-order valence-corrected chi connectivity index (χ4v) is 12.0. The summed E-state index contributed by atoms with van der Waals surface area (Å²) in [6.07, 6.45) is 1.63. The Kier molecular flexibility index (Phi) is 14.8. The number of aliphatic hydroxyl groups is 1. The molecule has 3 saturated heterocycles. The van der Waals surface area contributed by atoms with Crippen molar-refractivity contribution in [2.45, 2.75) is 136 Å². The van der Waals surface area contributed by atoms with E-state index in [0.717, 1.165) is 75.7 Å². The number of anilines is 2. The number of likely N-dealkylation sites (tertiary alicyclic amines) is 2. The van der Waals surface area contributed by atoms with Crippen LogP contribution < -0.4 is 15.5 Å². The van der Waals surface area contributed by atoms with Gasteiger partial charge in [0.2, 0.25) is 23.6 Å². The smallest absolute Gasteiger partial charge is 0.264 e. The van der Waals surface area contributed by atoms with Crippen LogP contribution in [0.3, 0.4) is 0 Å². The number of nitrogens with one attached hydrogen (secondary N) is 2. The molecular formula is C52H67F2N9O6S. The van der Waals surface area contributed by atoms with Crippen LogP contribution >= 0.6 is 11.3 Å². The third-order valence-corrected chi connectivity index (χ3v) is 16.0. The van der Waals surface area contributed by atoms with Gasteiger partial charge in [-0.2, -0.15) is 5.10 Å². The number of alkyl halides is 2. The molecule has 0 bridgehead atoms. The number of thiazole rings is 1. The van der Waals surface area contributed by atoms with E-state index < -0.39 is 35.9 Å². The van der Waals surface area contributed by atoms with Crippen molar-refractivity contribution in [3.8, 4) is 10.4 Å². The number of carbonyl (C=O) groups excluding carboxylic acids is 4. The van der Waals surface area contributed by atoms with Crippen LogP contribution in [0.2, 0.25) is 0 Å². The van der Waals surface area contributed by atoms with Gasteiger partial charge in [0.1, 0.15) is 12.1 Å². The lowest BCUT2D eigenvalue weighted by Gasteiger charge is -2.37. The first kappa shape index (κ1) is 49.7. The molecule has 7 heterocycles. The average Bonchev–Trinajstić information content (AvgIpc) is 4.08. The topological polar surface area (TPSA) is 165 Å². The standard InChI is InChI=1S/C52H67F2N9O6S/c1-31-46(70-30-56-31)35-10-8-33(9-11-35)26-55-50(67)44-24-38(65)27-62(44)51(68)47(52(3,4)5)57-45(66)29-59-18-12-34(13-19-59)39-23-36-7-6-17-61(43(36)25-40(39)48(53)54)49-41-28-60(32(2)64)20-14-42(41)63(58-49)37-15-21-69-22-16-37/h8-11,23,25,30,34,37-38,44,47-48,65H,6-7,12-22,24,26-29H2,1-5H3,(H,55,67)(H,57,66)/t38-,44+,47-/m1/s1. The quantitative estimate of drug-likeness (QED) is 0.141. The van der Waals surface area contributed by atoms with Crippen molar-refractivity contribution in [2.75, 3.05) is 57.4 Å². The molecule has 376 valence electrons. The Bertz CT molecular complexity index is 2560. The first-order valence-corrected chi connectivity index (χ1v) is 25.8. The van der Waals surface area contributed by atoms with E-state index in [2.05, 4.69) is 25.2 Å². The van der Waals surface area contributed by atoms with Gasteiger partial charge in [-0.1, -0.05) is 51.1 Å². The van der Waals surface area contributed by atoms with Gasteiger partial charge < -0.3 is 35.2 Å². The largest absolute Gasteiger partial charge is 0.391 e. The van der Waals surface area contributed by atoms with E-state index in [1.54, 1.807) is 24.3 Å². The number of amides is 4. The summed E-state index contributed by atoms with van der Waals surface area (Å²) in [5, 5.41) is 21.9. The van der Waals surface area contributed by atoms with Crippen LogP contribution in [-0.2, 0) is 49.8 Å². The van der Waals surface area contributed by atoms with E-state index >= 15 is 8.78 Å². The van der Waals surface area contributed by atoms with Crippen molar-refractivity contribution in [2.24, 2.45) is 5.41 Å². The molecule has 5 aliphatic heterocycles. The van der Waals surface area contributed by atoms with Crippen LogP contribution in [-0.4, -0.2) is 129 Å². The zero-order chi connectivity index (χ0) is 49.4. The molecule has 0 unspecified atom stereocenters. The van der Waals surface area contributed by atoms with E-state index in [9.17, 15) is 24.3 Å². The molecule has 9 rings (SSSR count). The molecule has 70 heavy (non-hydrogen) atoms. The lowest BCUT2D eigenvalue weighted by atomic mass is 9.83. The Balaban J connectivity index is 0.840. The van der Waals surface area contributed by atoms with Gasteiger partial charge >= 0.3 is 0 Å². The molecule has 5 aliphatic rings. The van der Waals surface area contributed by atoms with Crippen LogP contribution in [0.4, 0.5) is 20.3 Å². The second kappa shape index (κ2) is 20.8. The van der Waals surface area contributed by atoms with Crippen molar-refractivity contribution < 1.29 is 37.8 Å². The summed E-state index contributed by atoms with van der Waals surface area (Å²) in [5.74, 6) is -0.532. The summed E-state index contributed by atoms with van der Waals surface area (Å²) in [5.41, 5.74) is 8.53. The summed E-state index contributed by atoms with van der Waals surface area (Å²) >= 11 is 1.57. The number of aliphatic hydroxyl groups excluding tert-OH is 1. The van der Waals surface area contributed by atoms with Crippen LogP contribution in [0.5, 0.6) is 0 Å². The number of fused-ring (bicyclic) bond motifs is 2. The maximum atomic E-state index is 15.2. The van der Waals surface area contributed by atoms with Gasteiger partial charge in [-0.15, -0.1) is 11.3 Å². The number of hydrogen-bond acceptors (Lipinski definition) is 11. The summed E-state index contributed by atoms with van der Waals surface area (Å²) in [6.45, 7) is 13.4. The van der Waals surface area contributed by atoms with Crippen molar-refractivity contribution >= 4 is 46.5 Å². The second-order valence-corrected chi connectivity index (χ2v) is 21.7. The lowest BCUT2D eigenvalue weighted by Crippen LogP contribution is -2.58. The fourth-order valence-electron chi connectivity index (χ4n) is 11.2. The highest BCUT2D eigenvalue weighted by molar-refractivity contribution is 7.13. The van der Waals surface area contributed by atoms with Crippen molar-refractivity contribution in [1.29, 1.82) is 0 Å². The van der Waals surface area contributed by atoms with E-state index in [4.69, 9.17) is 9.84 Å². The minimum atomic E-state index is -2.69. The molecule has 3 fully saturated rings. The predicted molar refractivity (Wildman–Crippen MR) is 263 cm³/mol. The molecule has 15 nitrogen and oxygen atoms in total. The molecule has 0 saturated carbocycles. The van der Waals surface area contributed by atoms with Crippen LogP contribution in [0.15, 0.2) is 41.9 Å². The normalized spacial score (nSPS) is 20.9. The van der Waals surface area contributed by atoms with Gasteiger partial charge in [-0.05, 0) is 98.2 Å². The second-order valence-electron chi connectivity index (χ2n) is 20.9. The Hall–Kier alpha value is -5.30. The lowest BCUT2D eigenvalue weighted by molar-refractivity contribution is -0.144. The number of carbonyl (C=O) groups is 4. The highest BCUT2D eigenvalue weighted by Crippen LogP contribution is 2.44. The third-order valence-electron chi connectivity index (χ3n) is 15.0. The molecule has 4 aromatic rings. The average molecular weight is 984 g/mol. The number of benzene rings is 2. The molecule has 3 atom stereocenters. The van der Waals surface area contributed by atoms with Gasteiger partial charge in [0.05, 0.1) is 41.3 Å². The number of ether oxygens (including phenoxy) is 1. The minimum Gasteiger partial charge on any atom is -0.391 e. The van der Waals surface area contributed by atoms with E-state index in [0.29, 0.717) is 70.8 Å². The molecule has 2 aromatic heterocycles. The first-order chi connectivity index (χ1) is 33.5. The molecule has 0 radical (unpaired) electrons. The Morgan fingerprint density at radius 1 is 0.986 bits per heavy atom. The number of nitrogens with zero attached hydrogens (tertiary/aromatic N) is 7. The summed E-state index contributed by atoms with van der Waals surface area (Å²) < 4.78 is 38.2. The monoisotopic (exact) mass is 983 g/mol. The Morgan fingerprint density at radius 2 is 1.73 bits per heavy atom. The Morgan fingerprint density at radius 3 is 2.40 bits per heavy atom. The van der Waals surface area contributed by atoms with Crippen molar-refractivity contribution in [3.05, 3.63) is 81.1 Å². The van der Waals surface area contributed by atoms with Crippen molar-refractivity contribution in [3.63, 3.8) is 0 Å². The molecule has 2 aromatic carbocycles. The van der Waals surface area contributed by atoms with Gasteiger partial charge in [0.25, 0.3) is 6.43 Å². The number of aromatic nitrogens is 3. The Labute approximate surface area is 412 Å². The maximum Gasteiger partial charge on any atom is 0.264 e. The number of rotatable bonds is 12. The number of β-amino-alcohol motifs (C(OH)–C–C–N with tert-alkyl or cyclic N) is 1. The maximum absolute atomic E-state index is 15.2. The van der Waals surface area contributed by atoms with Gasteiger partial charge in [-0.3, -0.25) is 28.8 Å². The molecule has 3 N–H and O–H groups in total. The van der Waals surface area contributed by atoms with Crippen LogP contribution in [0, 0.1) is 12.3 Å². The van der Waals surface area contributed by atoms with Crippen LogP contribution in [0.1, 0.15) is 124 Å². The van der Waals surface area contributed by atoms with E-state index in [1.807, 2.05) is 73.3 Å². The molecule has 0 spiro atoms. The zero-order valence-corrected chi connectivity index (χ0v) is 41.8. The molecule has 18 heteroatoms. The number of hydrogen-bond donors (Lipinski definition) is 3. The van der Waals surface area contributed by atoms with E-state index in [1.165, 1.54) is 4.90 Å². The number of halogens is 2. The highest BCUT2D eigenvalue weighted by Gasteiger charge is 2.45. The summed E-state index contributed by atoms with van der Waals surface area (Å²) in [6, 6.07) is 9.85. The molecule has 0 aliphatic carbocycles. The number of aryl methyl sites for hydroxylation is 2. The summed E-state index contributed by atoms with van der Waals surface area (Å²) in [7, 11) is 0. The predicted octanol–water partition coefficient (Wildman–Crippen LogP) is 6.58. The fraction of sp³-hybridized carbons (Fsp3) is 0.577. The molecule has 4 amide bonds. The third kappa shape index (κ3) is 10.5. The van der Waals surface area contributed by atoms with Gasteiger partial charge in [-0.25, -0.2) is 13.8 Å². The summed E-state index contributed by atoms with van der Waals surface area (Å²) in [4.78, 5) is 67.0. The van der Waals surface area contributed by atoms with Gasteiger partial charge in [0, 0.05) is 81.7 Å². The zero-order valence-electron chi connectivity index (χ0n) is 41.0. The SMILES string of the molecule is CC(=O)N1CCc2c(c(N3CCCc4cc(C5CCN(CC(=O)N[C@H](C(=O)N6C[C@H](O)C[C@H]6C(=O)NCc6ccc(-c7scnc7C)cc6)C(C)(C)C)CC5)c(C(F)F)cc43)nn2C2CCOCC2)C1.